The number of hydrazine groups is 1. The Bertz CT molecular complexity index is 418. The molecule has 0 radical (unpaired) electrons. The standard InChI is InChI=1S/C9H16N6O2/c1-4-14(5-2)8-7(15(16)17)6(3)11-9(12-8)13-10/h4-5,10H2,1-3H3,(H,11,12,13). The highest BCUT2D eigenvalue weighted by molar-refractivity contribution is 5.62. The molecule has 0 spiro atoms. The molecule has 0 aliphatic heterocycles. The maximum atomic E-state index is 11.0. The van der Waals surface area contributed by atoms with Crippen molar-refractivity contribution in [3.63, 3.8) is 0 Å². The van der Waals surface area contributed by atoms with E-state index in [0.717, 1.165) is 0 Å². The van der Waals surface area contributed by atoms with Gasteiger partial charge in [0.05, 0.1) is 4.92 Å². The third-order valence-corrected chi connectivity index (χ3v) is 2.41. The zero-order valence-electron chi connectivity index (χ0n) is 10.1. The van der Waals surface area contributed by atoms with Crippen molar-refractivity contribution in [1.29, 1.82) is 0 Å². The lowest BCUT2D eigenvalue weighted by Crippen LogP contribution is -2.25. The highest BCUT2D eigenvalue weighted by Crippen LogP contribution is 2.29. The summed E-state index contributed by atoms with van der Waals surface area (Å²) in [5.74, 6) is 5.70. The van der Waals surface area contributed by atoms with E-state index in [1.54, 1.807) is 11.8 Å². The van der Waals surface area contributed by atoms with Gasteiger partial charge in [0.15, 0.2) is 0 Å². The average molecular weight is 240 g/mol. The maximum absolute atomic E-state index is 11.0. The molecule has 0 atom stereocenters. The highest BCUT2D eigenvalue weighted by Gasteiger charge is 2.24. The molecular formula is C9H16N6O2. The summed E-state index contributed by atoms with van der Waals surface area (Å²) in [6.45, 7) is 6.61. The number of anilines is 2. The summed E-state index contributed by atoms with van der Waals surface area (Å²) in [6, 6.07) is 0. The second kappa shape index (κ2) is 5.39. The predicted octanol–water partition coefficient (Wildman–Crippen LogP) is 0.825. The average Bonchev–Trinajstić information content (AvgIpc) is 2.29. The summed E-state index contributed by atoms with van der Waals surface area (Å²) in [5.41, 5.74) is 2.52. The van der Waals surface area contributed by atoms with E-state index in [1.807, 2.05) is 13.8 Å². The van der Waals surface area contributed by atoms with Crippen molar-refractivity contribution in [1.82, 2.24) is 9.97 Å². The van der Waals surface area contributed by atoms with Crippen molar-refractivity contribution in [2.75, 3.05) is 23.4 Å². The molecular weight excluding hydrogens is 224 g/mol. The summed E-state index contributed by atoms with van der Waals surface area (Å²) in [4.78, 5) is 20.3. The minimum atomic E-state index is -0.469. The van der Waals surface area contributed by atoms with Crippen LogP contribution in [0, 0.1) is 17.0 Å². The second-order valence-electron chi connectivity index (χ2n) is 3.38. The first kappa shape index (κ1) is 13.1. The Kier molecular flexibility index (Phi) is 4.16. The number of nitrogen functional groups attached to an aromatic ring is 1. The van der Waals surface area contributed by atoms with E-state index in [-0.39, 0.29) is 11.6 Å². The predicted molar refractivity (Wildman–Crippen MR) is 64.8 cm³/mol. The molecule has 0 unspecified atom stereocenters. The number of hydrogen-bond donors (Lipinski definition) is 2. The molecule has 0 saturated carbocycles. The molecule has 17 heavy (non-hydrogen) atoms. The van der Waals surface area contributed by atoms with Crippen LogP contribution in [0.3, 0.4) is 0 Å². The number of nitrogens with zero attached hydrogens (tertiary/aromatic N) is 4. The van der Waals surface area contributed by atoms with Gasteiger partial charge in [-0.05, 0) is 20.8 Å². The van der Waals surface area contributed by atoms with Gasteiger partial charge in [-0.3, -0.25) is 15.5 Å². The van der Waals surface area contributed by atoms with Gasteiger partial charge in [0.1, 0.15) is 5.69 Å². The molecule has 0 aromatic carbocycles. The Morgan fingerprint density at radius 2 is 2.00 bits per heavy atom. The maximum Gasteiger partial charge on any atom is 0.332 e. The van der Waals surface area contributed by atoms with Crippen LogP contribution in [0.1, 0.15) is 19.5 Å². The molecule has 1 aromatic heterocycles. The van der Waals surface area contributed by atoms with Gasteiger partial charge in [-0.15, -0.1) is 0 Å². The number of rotatable bonds is 5. The summed E-state index contributed by atoms with van der Waals surface area (Å²) in [5, 5.41) is 11.0. The van der Waals surface area contributed by atoms with Crippen LogP contribution in [-0.2, 0) is 0 Å². The Morgan fingerprint density at radius 1 is 1.41 bits per heavy atom. The minimum Gasteiger partial charge on any atom is -0.351 e. The topological polar surface area (TPSA) is 110 Å². The monoisotopic (exact) mass is 240 g/mol. The van der Waals surface area contributed by atoms with Gasteiger partial charge in [0.25, 0.3) is 0 Å². The number of nitrogens with two attached hydrogens (primary N) is 1. The van der Waals surface area contributed by atoms with Crippen molar-refractivity contribution < 1.29 is 4.92 Å². The van der Waals surface area contributed by atoms with Crippen molar-refractivity contribution in [3.05, 3.63) is 15.8 Å². The van der Waals surface area contributed by atoms with Crippen molar-refractivity contribution >= 4 is 17.5 Å². The molecule has 8 nitrogen and oxygen atoms in total. The number of aromatic nitrogens is 2. The number of nitro groups is 1. The molecule has 94 valence electrons. The van der Waals surface area contributed by atoms with E-state index in [2.05, 4.69) is 15.4 Å². The van der Waals surface area contributed by atoms with Crippen molar-refractivity contribution in [3.8, 4) is 0 Å². The number of aryl methyl sites for hydroxylation is 1. The van der Waals surface area contributed by atoms with Gasteiger partial charge in [-0.25, -0.2) is 10.8 Å². The molecule has 3 N–H and O–H groups in total. The van der Waals surface area contributed by atoms with E-state index in [4.69, 9.17) is 5.84 Å². The zero-order chi connectivity index (χ0) is 13.0. The lowest BCUT2D eigenvalue weighted by Gasteiger charge is -2.20. The van der Waals surface area contributed by atoms with Crippen LogP contribution >= 0.6 is 0 Å². The Balaban J connectivity index is 3.41. The van der Waals surface area contributed by atoms with Gasteiger partial charge < -0.3 is 4.90 Å². The zero-order valence-corrected chi connectivity index (χ0v) is 10.1. The second-order valence-corrected chi connectivity index (χ2v) is 3.38. The summed E-state index contributed by atoms with van der Waals surface area (Å²) < 4.78 is 0. The Hall–Kier alpha value is -1.96. The van der Waals surface area contributed by atoms with Crippen LogP contribution in [0.5, 0.6) is 0 Å². The smallest absolute Gasteiger partial charge is 0.332 e. The first-order valence-electron chi connectivity index (χ1n) is 5.29. The molecule has 0 saturated heterocycles. The first-order valence-corrected chi connectivity index (χ1v) is 5.29. The van der Waals surface area contributed by atoms with Crippen LogP contribution in [0.15, 0.2) is 0 Å². The van der Waals surface area contributed by atoms with Crippen LogP contribution in [-0.4, -0.2) is 28.0 Å². The largest absolute Gasteiger partial charge is 0.351 e. The molecule has 0 bridgehead atoms. The van der Waals surface area contributed by atoms with Crippen LogP contribution in [0.25, 0.3) is 0 Å². The molecule has 1 heterocycles. The Labute approximate surface area is 99.0 Å². The third kappa shape index (κ3) is 2.59. The molecule has 0 amide bonds. The van der Waals surface area contributed by atoms with Gasteiger partial charge in [0.2, 0.25) is 11.8 Å². The Morgan fingerprint density at radius 3 is 2.41 bits per heavy atom. The van der Waals surface area contributed by atoms with Gasteiger partial charge in [0, 0.05) is 13.1 Å². The normalized spacial score (nSPS) is 10.1. The van der Waals surface area contributed by atoms with Gasteiger partial charge in [-0.1, -0.05) is 0 Å². The molecule has 0 aliphatic carbocycles. The van der Waals surface area contributed by atoms with Gasteiger partial charge >= 0.3 is 5.69 Å². The third-order valence-electron chi connectivity index (χ3n) is 2.41. The van der Waals surface area contributed by atoms with Crippen molar-refractivity contribution in [2.45, 2.75) is 20.8 Å². The van der Waals surface area contributed by atoms with E-state index >= 15 is 0 Å². The first-order chi connectivity index (χ1) is 8.04. The summed E-state index contributed by atoms with van der Waals surface area (Å²) >= 11 is 0. The fourth-order valence-corrected chi connectivity index (χ4v) is 1.57. The number of nitrogens with one attached hydrogen (secondary N) is 1. The van der Waals surface area contributed by atoms with E-state index in [9.17, 15) is 10.1 Å². The van der Waals surface area contributed by atoms with E-state index in [1.165, 1.54) is 0 Å². The lowest BCUT2D eigenvalue weighted by molar-refractivity contribution is -0.385. The van der Waals surface area contributed by atoms with Crippen LogP contribution in [0.4, 0.5) is 17.5 Å². The van der Waals surface area contributed by atoms with Gasteiger partial charge in [-0.2, -0.15) is 4.98 Å². The quantitative estimate of drug-likeness (QED) is 0.445. The van der Waals surface area contributed by atoms with E-state index in [0.29, 0.717) is 24.6 Å². The molecule has 0 fully saturated rings. The van der Waals surface area contributed by atoms with Crippen LogP contribution in [0.2, 0.25) is 0 Å². The highest BCUT2D eigenvalue weighted by atomic mass is 16.6. The molecule has 1 rings (SSSR count). The molecule has 0 aliphatic rings. The minimum absolute atomic E-state index is 0.0762. The van der Waals surface area contributed by atoms with E-state index < -0.39 is 4.92 Å². The SMILES string of the molecule is CCN(CC)c1nc(NN)nc(C)c1[N+](=O)[O-]. The van der Waals surface area contributed by atoms with Crippen molar-refractivity contribution in [2.24, 2.45) is 5.84 Å². The number of hydrogen-bond acceptors (Lipinski definition) is 7. The van der Waals surface area contributed by atoms with Crippen LogP contribution < -0.4 is 16.2 Å². The molecule has 1 aromatic rings. The molecule has 8 heteroatoms. The summed E-state index contributed by atoms with van der Waals surface area (Å²) in [6.07, 6.45) is 0. The fraction of sp³-hybridized carbons (Fsp3) is 0.556. The fourth-order valence-electron chi connectivity index (χ4n) is 1.57. The summed E-state index contributed by atoms with van der Waals surface area (Å²) in [7, 11) is 0. The lowest BCUT2D eigenvalue weighted by atomic mass is 10.3.